The van der Waals surface area contributed by atoms with Crippen LogP contribution in [0.25, 0.3) is 5.69 Å². The van der Waals surface area contributed by atoms with Crippen LogP contribution in [0.15, 0.2) is 46.7 Å². The van der Waals surface area contributed by atoms with Crippen LogP contribution in [0.2, 0.25) is 4.34 Å². The van der Waals surface area contributed by atoms with Crippen LogP contribution in [0, 0.1) is 5.92 Å². The number of carbonyl (C=O) groups is 1. The summed E-state index contributed by atoms with van der Waals surface area (Å²) in [5.41, 5.74) is 3.06. The number of benzene rings is 1. The fourth-order valence-corrected chi connectivity index (χ4v) is 7.52. The van der Waals surface area contributed by atoms with E-state index in [-0.39, 0.29) is 16.0 Å². The second-order valence-corrected chi connectivity index (χ2v) is 12.0. The second kappa shape index (κ2) is 8.62. The van der Waals surface area contributed by atoms with Crippen LogP contribution in [-0.2, 0) is 27.7 Å². The van der Waals surface area contributed by atoms with Crippen LogP contribution in [-0.4, -0.2) is 41.5 Å². The van der Waals surface area contributed by atoms with Gasteiger partial charge < -0.3 is 5.32 Å². The lowest BCUT2D eigenvalue weighted by Gasteiger charge is -2.30. The molecule has 5 rings (SSSR count). The third-order valence-electron chi connectivity index (χ3n) is 6.12. The van der Waals surface area contributed by atoms with Crippen molar-refractivity contribution in [3.05, 3.63) is 58.1 Å². The Morgan fingerprint density at radius 3 is 2.53 bits per heavy atom. The Hall–Kier alpha value is -2.20. The summed E-state index contributed by atoms with van der Waals surface area (Å²) in [5, 5.41) is 7.87. The van der Waals surface area contributed by atoms with Gasteiger partial charge in [0.05, 0.1) is 15.7 Å². The minimum Gasteiger partial charge on any atom is -0.310 e. The third kappa shape index (κ3) is 3.98. The number of para-hydroxylation sites is 1. The largest absolute Gasteiger partial charge is 0.310 e. The molecule has 1 aliphatic heterocycles. The van der Waals surface area contributed by atoms with Crippen molar-refractivity contribution in [2.24, 2.45) is 5.92 Å². The number of nitrogens with zero attached hydrogens (tertiary/aromatic N) is 3. The number of amides is 1. The van der Waals surface area contributed by atoms with Crippen molar-refractivity contribution >= 4 is 44.7 Å². The molecule has 1 aromatic carbocycles. The summed E-state index contributed by atoms with van der Waals surface area (Å²) in [5.74, 6) is 0.425. The maximum atomic E-state index is 13.1. The second-order valence-electron chi connectivity index (χ2n) is 8.10. The van der Waals surface area contributed by atoms with E-state index in [1.807, 2.05) is 35.0 Å². The highest BCUT2D eigenvalue weighted by Gasteiger charge is 2.34. The van der Waals surface area contributed by atoms with Crippen LogP contribution >= 0.6 is 22.9 Å². The molecule has 1 amide bonds. The van der Waals surface area contributed by atoms with E-state index < -0.39 is 10.0 Å². The van der Waals surface area contributed by atoms with E-state index in [0.29, 0.717) is 30.3 Å². The lowest BCUT2D eigenvalue weighted by atomic mass is 9.97. The molecular weight excluding hydrogens is 468 g/mol. The van der Waals surface area contributed by atoms with Crippen molar-refractivity contribution in [3.63, 3.8) is 0 Å². The molecule has 1 fully saturated rings. The summed E-state index contributed by atoms with van der Waals surface area (Å²) in [4.78, 5) is 13.1. The molecular formula is C22H23ClN4O3S2. The highest BCUT2D eigenvalue weighted by Crippen LogP contribution is 2.33. The molecule has 7 nitrogen and oxygen atoms in total. The van der Waals surface area contributed by atoms with Crippen molar-refractivity contribution < 1.29 is 13.2 Å². The fraction of sp³-hybridized carbons (Fsp3) is 0.364. The molecule has 2 aliphatic rings. The molecule has 0 radical (unpaired) electrons. The number of anilines is 1. The Labute approximate surface area is 196 Å². The predicted octanol–water partition coefficient (Wildman–Crippen LogP) is 4.12. The quantitative estimate of drug-likeness (QED) is 0.583. The Bertz CT molecular complexity index is 1250. The van der Waals surface area contributed by atoms with Crippen molar-refractivity contribution in [1.29, 1.82) is 0 Å². The zero-order valence-electron chi connectivity index (χ0n) is 17.3. The van der Waals surface area contributed by atoms with Gasteiger partial charge in [-0.3, -0.25) is 4.79 Å². The number of fused-ring (bicyclic) bond motifs is 1. The summed E-state index contributed by atoms with van der Waals surface area (Å²) >= 11 is 6.97. The Kier molecular flexibility index (Phi) is 5.83. The van der Waals surface area contributed by atoms with Crippen molar-refractivity contribution in [2.75, 3.05) is 18.4 Å². The number of rotatable bonds is 5. The van der Waals surface area contributed by atoms with Gasteiger partial charge in [-0.1, -0.05) is 29.8 Å². The number of nitrogens with one attached hydrogen (secondary N) is 1. The van der Waals surface area contributed by atoms with Crippen LogP contribution in [0.1, 0.15) is 30.5 Å². The molecule has 1 aliphatic carbocycles. The monoisotopic (exact) mass is 490 g/mol. The molecule has 1 saturated heterocycles. The van der Waals surface area contributed by atoms with Gasteiger partial charge in [-0.2, -0.15) is 9.40 Å². The van der Waals surface area contributed by atoms with E-state index in [4.69, 9.17) is 16.7 Å². The highest BCUT2D eigenvalue weighted by atomic mass is 35.5. The summed E-state index contributed by atoms with van der Waals surface area (Å²) in [6.07, 6.45) is 3.82. The maximum absolute atomic E-state index is 13.1. The predicted molar refractivity (Wildman–Crippen MR) is 125 cm³/mol. The van der Waals surface area contributed by atoms with Gasteiger partial charge in [-0.15, -0.1) is 11.3 Å². The standard InChI is InChI=1S/C22H23ClN4O3S2/c23-19-9-10-20(31-19)32(29,30)26-13-11-15(12-14-26)22(28)24-21-17-7-4-8-18(17)25-27(21)16-5-2-1-3-6-16/h1-3,5-6,9-10,15H,4,7-8,11-14H2,(H,24,28). The van der Waals surface area contributed by atoms with E-state index in [9.17, 15) is 13.2 Å². The average molecular weight is 491 g/mol. The first-order valence-electron chi connectivity index (χ1n) is 10.7. The zero-order chi connectivity index (χ0) is 22.3. The number of hydrogen-bond donors (Lipinski definition) is 1. The molecule has 32 heavy (non-hydrogen) atoms. The van der Waals surface area contributed by atoms with E-state index in [0.717, 1.165) is 53.4 Å². The minimum absolute atomic E-state index is 0.0759. The van der Waals surface area contributed by atoms with E-state index >= 15 is 0 Å². The molecule has 0 bridgehead atoms. The van der Waals surface area contributed by atoms with E-state index in [1.165, 1.54) is 10.4 Å². The lowest BCUT2D eigenvalue weighted by Crippen LogP contribution is -2.41. The smallest absolute Gasteiger partial charge is 0.252 e. The number of thiophene rings is 1. The molecule has 3 aromatic rings. The maximum Gasteiger partial charge on any atom is 0.252 e. The van der Waals surface area contributed by atoms with Crippen LogP contribution in [0.5, 0.6) is 0 Å². The molecule has 2 aromatic heterocycles. The van der Waals surface area contributed by atoms with E-state index in [1.54, 1.807) is 6.07 Å². The van der Waals surface area contributed by atoms with Crippen molar-refractivity contribution in [3.8, 4) is 5.69 Å². The van der Waals surface area contributed by atoms with Gasteiger partial charge in [0, 0.05) is 24.6 Å². The van der Waals surface area contributed by atoms with Gasteiger partial charge in [0.1, 0.15) is 10.0 Å². The topological polar surface area (TPSA) is 84.3 Å². The summed E-state index contributed by atoms with van der Waals surface area (Å²) in [6, 6.07) is 12.9. The Balaban J connectivity index is 1.30. The van der Waals surface area contributed by atoms with Crippen molar-refractivity contribution in [1.82, 2.24) is 14.1 Å². The average Bonchev–Trinajstić information content (AvgIpc) is 3.52. The molecule has 10 heteroatoms. The van der Waals surface area contributed by atoms with Gasteiger partial charge >= 0.3 is 0 Å². The minimum atomic E-state index is -3.57. The third-order valence-corrected chi connectivity index (χ3v) is 9.71. The number of piperidine rings is 1. The molecule has 0 spiro atoms. The first-order valence-corrected chi connectivity index (χ1v) is 13.3. The fourth-order valence-electron chi connectivity index (χ4n) is 4.42. The molecule has 1 N–H and O–H groups in total. The normalized spacial score (nSPS) is 17.4. The van der Waals surface area contributed by atoms with Crippen molar-refractivity contribution in [2.45, 2.75) is 36.3 Å². The van der Waals surface area contributed by atoms with Gasteiger partial charge in [0.2, 0.25) is 5.91 Å². The Morgan fingerprint density at radius 2 is 1.84 bits per heavy atom. The molecule has 0 atom stereocenters. The molecule has 0 saturated carbocycles. The summed E-state index contributed by atoms with van der Waals surface area (Å²) in [6.45, 7) is 0.623. The molecule has 0 unspecified atom stereocenters. The number of hydrogen-bond acceptors (Lipinski definition) is 5. The number of carbonyl (C=O) groups excluding carboxylic acids is 1. The van der Waals surface area contributed by atoms with Gasteiger partial charge in [0.25, 0.3) is 10.0 Å². The first kappa shape index (κ1) is 21.6. The summed E-state index contributed by atoms with van der Waals surface area (Å²) in [7, 11) is -3.57. The molecule has 168 valence electrons. The summed E-state index contributed by atoms with van der Waals surface area (Å²) < 4.78 is 29.6. The Morgan fingerprint density at radius 1 is 1.09 bits per heavy atom. The van der Waals surface area contributed by atoms with Gasteiger partial charge in [-0.05, 0) is 56.4 Å². The first-order chi connectivity index (χ1) is 15.4. The number of aromatic nitrogens is 2. The number of sulfonamides is 1. The zero-order valence-corrected chi connectivity index (χ0v) is 19.7. The molecule has 3 heterocycles. The SMILES string of the molecule is O=C(Nc1c2c(nn1-c1ccccc1)CCC2)C1CCN(S(=O)(=O)c2ccc(Cl)s2)CC1. The van der Waals surface area contributed by atoms with Gasteiger partial charge in [0.15, 0.2) is 0 Å². The van der Waals surface area contributed by atoms with Crippen LogP contribution in [0.3, 0.4) is 0 Å². The van der Waals surface area contributed by atoms with Gasteiger partial charge in [-0.25, -0.2) is 13.1 Å². The van der Waals surface area contributed by atoms with Crippen LogP contribution in [0.4, 0.5) is 5.82 Å². The highest BCUT2D eigenvalue weighted by molar-refractivity contribution is 7.91. The number of halogens is 1. The lowest BCUT2D eigenvalue weighted by molar-refractivity contribution is -0.121. The van der Waals surface area contributed by atoms with E-state index in [2.05, 4.69) is 5.32 Å². The van der Waals surface area contributed by atoms with Crippen LogP contribution < -0.4 is 5.32 Å². The number of aryl methyl sites for hydroxylation is 1.